The van der Waals surface area contributed by atoms with Crippen molar-refractivity contribution in [1.29, 1.82) is 0 Å². The molecule has 2 amide bonds. The summed E-state index contributed by atoms with van der Waals surface area (Å²) in [6, 6.07) is 12.6. The molecule has 166 valence electrons. The molecule has 3 rings (SSSR count). The first-order valence-corrected chi connectivity index (χ1v) is 11.1. The summed E-state index contributed by atoms with van der Waals surface area (Å²) in [5.74, 6) is -0.374. The number of aromatic amines is 1. The summed E-state index contributed by atoms with van der Waals surface area (Å²) < 4.78 is 0. The van der Waals surface area contributed by atoms with Gasteiger partial charge in [-0.25, -0.2) is 0 Å². The maximum atomic E-state index is 12.7. The maximum absolute atomic E-state index is 12.7. The van der Waals surface area contributed by atoms with Crippen LogP contribution in [0.4, 0.5) is 11.4 Å². The van der Waals surface area contributed by atoms with Gasteiger partial charge in [0.1, 0.15) is 0 Å². The lowest BCUT2D eigenvalue weighted by Crippen LogP contribution is -2.24. The van der Waals surface area contributed by atoms with E-state index >= 15 is 0 Å². The van der Waals surface area contributed by atoms with Crippen LogP contribution in [-0.2, 0) is 9.59 Å². The lowest BCUT2D eigenvalue weighted by Gasteiger charge is -2.14. The number of aryl methyl sites for hydroxylation is 1. The van der Waals surface area contributed by atoms with Crippen molar-refractivity contribution in [3.63, 3.8) is 0 Å². The van der Waals surface area contributed by atoms with Gasteiger partial charge in [-0.2, -0.15) is 0 Å². The average molecular weight is 452 g/mol. The molecule has 1 atom stereocenters. The summed E-state index contributed by atoms with van der Waals surface area (Å²) in [6.45, 7) is 7.41. The van der Waals surface area contributed by atoms with Crippen LogP contribution < -0.4 is 16.2 Å². The highest BCUT2D eigenvalue weighted by atomic mass is 32.2. The number of H-pyrrole nitrogens is 1. The molecule has 0 aliphatic heterocycles. The van der Waals surface area contributed by atoms with E-state index in [2.05, 4.69) is 25.8 Å². The van der Waals surface area contributed by atoms with Crippen LogP contribution >= 0.6 is 11.8 Å². The first kappa shape index (κ1) is 23.2. The third-order valence-corrected chi connectivity index (χ3v) is 5.95. The lowest BCUT2D eigenvalue weighted by molar-refractivity contribution is -0.116. The topological polar surface area (TPSA) is 117 Å². The van der Waals surface area contributed by atoms with Crippen LogP contribution in [0.1, 0.15) is 31.4 Å². The van der Waals surface area contributed by atoms with Gasteiger partial charge in [0.15, 0.2) is 10.9 Å². The molecular weight excluding hydrogens is 426 g/mol. The molecule has 1 heterocycles. The third kappa shape index (κ3) is 5.42. The molecule has 0 saturated heterocycles. The lowest BCUT2D eigenvalue weighted by atomic mass is 10.1. The van der Waals surface area contributed by atoms with Crippen molar-refractivity contribution in [3.05, 3.63) is 63.9 Å². The fraction of sp³-hybridized carbons (Fsp3) is 0.261. The minimum Gasteiger partial charge on any atom is -0.325 e. The number of hydrogen-bond donors (Lipinski definition) is 3. The van der Waals surface area contributed by atoms with E-state index in [-0.39, 0.29) is 22.7 Å². The molecule has 0 spiro atoms. The van der Waals surface area contributed by atoms with E-state index in [4.69, 9.17) is 0 Å². The minimum atomic E-state index is -0.512. The van der Waals surface area contributed by atoms with Gasteiger partial charge in [0.25, 0.3) is 5.56 Å². The quantitative estimate of drug-likeness (QED) is 0.469. The van der Waals surface area contributed by atoms with Crippen LogP contribution in [0.25, 0.3) is 11.3 Å². The number of carbonyl (C=O) groups is 2. The molecule has 0 aliphatic rings. The Bertz CT molecular complexity index is 1210. The average Bonchev–Trinajstić information content (AvgIpc) is 2.77. The van der Waals surface area contributed by atoms with Crippen molar-refractivity contribution in [3.8, 4) is 11.3 Å². The number of thioether (sulfide) groups is 1. The highest BCUT2D eigenvalue weighted by Crippen LogP contribution is 2.25. The molecule has 0 fully saturated rings. The van der Waals surface area contributed by atoms with Crippen LogP contribution in [-0.4, -0.2) is 32.2 Å². The molecule has 32 heavy (non-hydrogen) atoms. The van der Waals surface area contributed by atoms with Gasteiger partial charge < -0.3 is 10.6 Å². The van der Waals surface area contributed by atoms with Crippen LogP contribution in [0.5, 0.6) is 0 Å². The number of anilines is 2. The molecule has 9 heteroatoms. The zero-order chi connectivity index (χ0) is 23.3. The standard InChI is InChI=1S/C23H25N5O3S/c1-5-19(29)24-18-11-7-6-10-16(18)20-22(31)26-23(28-27-20)32-15(4)21(30)25-17-12-8-9-13(2)14(17)3/h6-12,15H,5H2,1-4H3,(H,24,29)(H,25,30)(H,26,28,31)/t15-/m1/s1. The van der Waals surface area contributed by atoms with E-state index in [1.165, 1.54) is 0 Å². The smallest absolute Gasteiger partial charge is 0.278 e. The van der Waals surface area contributed by atoms with Gasteiger partial charge >= 0.3 is 0 Å². The fourth-order valence-electron chi connectivity index (χ4n) is 2.93. The Morgan fingerprint density at radius 1 is 1.03 bits per heavy atom. The summed E-state index contributed by atoms with van der Waals surface area (Å²) in [6.07, 6.45) is 0.313. The van der Waals surface area contributed by atoms with Crippen LogP contribution in [0.3, 0.4) is 0 Å². The van der Waals surface area contributed by atoms with Crippen molar-refractivity contribution in [2.45, 2.75) is 44.5 Å². The van der Waals surface area contributed by atoms with Gasteiger partial charge in [-0.15, -0.1) is 10.2 Å². The second-order valence-electron chi connectivity index (χ2n) is 7.25. The van der Waals surface area contributed by atoms with Gasteiger partial charge in [0.05, 0.1) is 10.9 Å². The van der Waals surface area contributed by atoms with Gasteiger partial charge in [0, 0.05) is 17.7 Å². The predicted octanol–water partition coefficient (Wildman–Crippen LogP) is 3.92. The van der Waals surface area contributed by atoms with Crippen LogP contribution in [0, 0.1) is 13.8 Å². The molecule has 0 unspecified atom stereocenters. The second-order valence-corrected chi connectivity index (χ2v) is 8.58. The van der Waals surface area contributed by atoms with Gasteiger partial charge in [-0.05, 0) is 44.0 Å². The molecule has 0 saturated carbocycles. The number of amides is 2. The Balaban J connectivity index is 1.76. The van der Waals surface area contributed by atoms with Crippen LogP contribution in [0.15, 0.2) is 52.4 Å². The normalized spacial score (nSPS) is 11.6. The predicted molar refractivity (Wildman–Crippen MR) is 127 cm³/mol. The molecule has 3 aromatic rings. The molecule has 2 aromatic carbocycles. The van der Waals surface area contributed by atoms with E-state index in [1.807, 2.05) is 32.0 Å². The summed E-state index contributed by atoms with van der Waals surface area (Å²) in [7, 11) is 0. The van der Waals surface area contributed by atoms with E-state index in [1.54, 1.807) is 38.1 Å². The SMILES string of the molecule is CCC(=O)Nc1ccccc1-c1nnc(S[C@H](C)C(=O)Nc2cccc(C)c2C)[nH]c1=O. The van der Waals surface area contributed by atoms with Gasteiger partial charge in [-0.1, -0.05) is 49.0 Å². The zero-order valence-electron chi connectivity index (χ0n) is 18.4. The number of rotatable bonds is 7. The molecule has 3 N–H and O–H groups in total. The number of carbonyl (C=O) groups excluding carboxylic acids is 2. The Morgan fingerprint density at radius 3 is 2.47 bits per heavy atom. The Kier molecular flexibility index (Phi) is 7.42. The van der Waals surface area contributed by atoms with Gasteiger partial charge in [0.2, 0.25) is 11.8 Å². The first-order chi connectivity index (χ1) is 15.3. The Morgan fingerprint density at radius 2 is 1.75 bits per heavy atom. The Labute approximate surface area is 190 Å². The number of aromatic nitrogens is 3. The summed E-state index contributed by atoms with van der Waals surface area (Å²) >= 11 is 1.11. The third-order valence-electron chi connectivity index (χ3n) is 4.97. The Hall–Kier alpha value is -3.46. The zero-order valence-corrected chi connectivity index (χ0v) is 19.2. The largest absolute Gasteiger partial charge is 0.325 e. The molecule has 0 bridgehead atoms. The summed E-state index contributed by atoms with van der Waals surface area (Å²) in [5.41, 5.74) is 3.44. The van der Waals surface area contributed by atoms with Crippen molar-refractivity contribution in [2.24, 2.45) is 0 Å². The van der Waals surface area contributed by atoms with Crippen molar-refractivity contribution in [2.75, 3.05) is 10.6 Å². The van der Waals surface area contributed by atoms with E-state index in [0.29, 0.717) is 17.7 Å². The summed E-state index contributed by atoms with van der Waals surface area (Å²) in [5, 5.41) is 13.5. The van der Waals surface area contributed by atoms with Crippen molar-refractivity contribution in [1.82, 2.24) is 15.2 Å². The summed E-state index contributed by atoms with van der Waals surface area (Å²) in [4.78, 5) is 39.8. The molecule has 1 aromatic heterocycles. The minimum absolute atomic E-state index is 0.0915. The van der Waals surface area contributed by atoms with E-state index < -0.39 is 10.8 Å². The van der Waals surface area contributed by atoms with Crippen molar-refractivity contribution >= 4 is 35.0 Å². The number of para-hydroxylation sites is 1. The maximum Gasteiger partial charge on any atom is 0.278 e. The number of nitrogens with zero attached hydrogens (tertiary/aromatic N) is 2. The van der Waals surface area contributed by atoms with E-state index in [9.17, 15) is 14.4 Å². The highest BCUT2D eigenvalue weighted by molar-refractivity contribution is 8.00. The highest BCUT2D eigenvalue weighted by Gasteiger charge is 2.19. The number of hydrogen-bond acceptors (Lipinski definition) is 6. The monoisotopic (exact) mass is 451 g/mol. The molecule has 8 nitrogen and oxygen atoms in total. The fourth-order valence-corrected chi connectivity index (χ4v) is 3.67. The van der Waals surface area contributed by atoms with Gasteiger partial charge in [-0.3, -0.25) is 19.4 Å². The number of benzene rings is 2. The van der Waals surface area contributed by atoms with E-state index in [0.717, 1.165) is 28.6 Å². The van der Waals surface area contributed by atoms with Crippen LogP contribution in [0.2, 0.25) is 0 Å². The molecule has 0 radical (unpaired) electrons. The molecule has 0 aliphatic carbocycles. The number of nitrogens with one attached hydrogen (secondary N) is 3. The molecular formula is C23H25N5O3S. The van der Waals surface area contributed by atoms with Crippen molar-refractivity contribution < 1.29 is 9.59 Å². The first-order valence-electron chi connectivity index (χ1n) is 10.2. The second kappa shape index (κ2) is 10.2.